The summed E-state index contributed by atoms with van der Waals surface area (Å²) < 4.78 is 13.1. The smallest absolute Gasteiger partial charge is 0.165 e. The van der Waals surface area contributed by atoms with Crippen molar-refractivity contribution in [1.29, 1.82) is 5.26 Å². The third-order valence-corrected chi connectivity index (χ3v) is 6.11. The predicted octanol–water partition coefficient (Wildman–Crippen LogP) is 11.5. The molecule has 43 heavy (non-hydrogen) atoms. The number of rotatable bonds is 9. The maximum absolute atomic E-state index is 13.1. The van der Waals surface area contributed by atoms with Crippen molar-refractivity contribution in [3.05, 3.63) is 111 Å². The van der Waals surface area contributed by atoms with Crippen LogP contribution < -0.4 is 0 Å². The Morgan fingerprint density at radius 3 is 2.07 bits per heavy atom. The number of allylic oxidation sites excluding steroid dienone is 8. The molecule has 0 saturated carbocycles. The van der Waals surface area contributed by atoms with Gasteiger partial charge in [-0.05, 0) is 82.4 Å². The monoisotopic (exact) mass is 830 g/mol. The van der Waals surface area contributed by atoms with Gasteiger partial charge in [0.2, 0.25) is 0 Å². The topological polar surface area (TPSA) is 57.9 Å². The Balaban J connectivity index is -0.000000635. The molecule has 2 aromatic carbocycles. The first-order chi connectivity index (χ1) is 20.0. The quantitative estimate of drug-likeness (QED) is 0.109. The van der Waals surface area contributed by atoms with Gasteiger partial charge in [0.1, 0.15) is 5.82 Å². The summed E-state index contributed by atoms with van der Waals surface area (Å²) in [5, 5.41) is 9.60. The van der Waals surface area contributed by atoms with Crippen molar-refractivity contribution in [2.24, 2.45) is 0 Å². The SMILES string of the molecule is C/C=C\C.CCC(=O)c1c(C)cccc1F.CC[C-]=O.CC\C=C(C)/C(=C\C=C(\C)CCC)c1ccc(C#N)cc1Cl.[U]. The van der Waals surface area contributed by atoms with E-state index in [2.05, 4.69) is 52.0 Å². The molecule has 0 bridgehead atoms. The largest absolute Gasteiger partial charge is 0.542 e. The molecule has 0 atom stereocenters. The van der Waals surface area contributed by atoms with Crippen LogP contribution in [0.4, 0.5) is 4.39 Å². The standard InChI is InChI=1S/C20H24ClN.C10H11FO.C4H8.C3H5O.U/c1-5-7-15(3)9-11-18(16(4)8-6-2)19-12-10-17(14-22)13-20(19)21;1-3-9(12)10-7(2)5-4-6-8(10)11;1-3-4-2;1-2-3-4;/h8-13H,5-7H2,1-4H3;4-6H,3H2,1-2H3;3-4H,1-2H3;2H2,1H3;/q;;;-1;/b15-9-,16-8-,18-11+;;4-3-;;. The fraction of sp³-hybridized carbons (Fsp3) is 0.378. The van der Waals surface area contributed by atoms with Crippen LogP contribution in [0.15, 0.2) is 77.9 Å². The zero-order valence-electron chi connectivity index (χ0n) is 27.4. The van der Waals surface area contributed by atoms with Crippen LogP contribution in [0.3, 0.4) is 0 Å². The van der Waals surface area contributed by atoms with Crippen molar-refractivity contribution in [3.8, 4) is 6.07 Å². The van der Waals surface area contributed by atoms with E-state index in [1.165, 1.54) is 17.2 Å². The number of halogens is 2. The van der Waals surface area contributed by atoms with Crippen LogP contribution in [0.25, 0.3) is 5.57 Å². The van der Waals surface area contributed by atoms with Gasteiger partial charge in [0.15, 0.2) is 5.78 Å². The molecule has 3 nitrogen and oxygen atoms in total. The van der Waals surface area contributed by atoms with E-state index >= 15 is 0 Å². The van der Waals surface area contributed by atoms with Gasteiger partial charge < -0.3 is 4.79 Å². The van der Waals surface area contributed by atoms with Gasteiger partial charge in [-0.3, -0.25) is 11.1 Å². The zero-order valence-corrected chi connectivity index (χ0v) is 32.3. The summed E-state index contributed by atoms with van der Waals surface area (Å²) in [5.41, 5.74) is 6.18. The van der Waals surface area contributed by atoms with Crippen molar-refractivity contribution < 1.29 is 45.1 Å². The van der Waals surface area contributed by atoms with Gasteiger partial charge >= 0.3 is 0 Å². The summed E-state index contributed by atoms with van der Waals surface area (Å²) in [4.78, 5) is 20.3. The van der Waals surface area contributed by atoms with E-state index in [4.69, 9.17) is 21.7 Å². The van der Waals surface area contributed by atoms with Crippen LogP contribution in [0.1, 0.15) is 115 Å². The Labute approximate surface area is 289 Å². The Morgan fingerprint density at radius 1 is 1.05 bits per heavy atom. The number of aryl methyl sites for hydroxylation is 1. The normalized spacial score (nSPS) is 11.0. The first-order valence-corrected chi connectivity index (χ1v) is 14.9. The minimum atomic E-state index is -0.415. The second-order valence-electron chi connectivity index (χ2n) is 9.32. The van der Waals surface area contributed by atoms with E-state index in [0.717, 1.165) is 30.4 Å². The summed E-state index contributed by atoms with van der Waals surface area (Å²) in [6.45, 7) is 17.8. The number of nitriles is 1. The summed E-state index contributed by atoms with van der Waals surface area (Å²) in [6.07, 6.45) is 16.3. The van der Waals surface area contributed by atoms with Crippen molar-refractivity contribution in [2.45, 2.75) is 94.4 Å². The fourth-order valence-electron chi connectivity index (χ4n) is 3.52. The number of nitrogens with zero attached hydrogens (tertiary/aromatic N) is 1. The van der Waals surface area contributed by atoms with Crippen molar-refractivity contribution in [3.63, 3.8) is 0 Å². The number of carbonyl (C=O) groups excluding carboxylic acids is 2. The van der Waals surface area contributed by atoms with Crippen LogP contribution in [0.5, 0.6) is 0 Å². The number of carbonyl (C=O) groups is 1. The van der Waals surface area contributed by atoms with Gasteiger partial charge in [0.25, 0.3) is 0 Å². The molecule has 0 aliphatic carbocycles. The molecule has 0 heterocycles. The molecule has 6 heteroatoms. The number of hydrogen-bond acceptors (Lipinski definition) is 3. The molecule has 0 spiro atoms. The Kier molecular flexibility index (Phi) is 29.6. The average molecular weight is 831 g/mol. The molecule has 0 aromatic heterocycles. The number of Topliss-reactive ketones (excluding diaryl/α,β-unsaturated/α-hetero) is 1. The molecular weight excluding hydrogens is 783 g/mol. The maximum atomic E-state index is 13.1. The van der Waals surface area contributed by atoms with Crippen LogP contribution >= 0.6 is 11.6 Å². The molecule has 0 N–H and O–H groups in total. The molecule has 0 aliphatic rings. The summed E-state index contributed by atoms with van der Waals surface area (Å²) in [7, 11) is 0. The zero-order chi connectivity index (χ0) is 32.5. The van der Waals surface area contributed by atoms with Crippen molar-refractivity contribution in [2.75, 3.05) is 0 Å². The van der Waals surface area contributed by atoms with E-state index in [-0.39, 0.29) is 42.5 Å². The molecule has 0 unspecified atom stereocenters. The average Bonchev–Trinajstić information content (AvgIpc) is 2.98. The Hall–Kier alpha value is -2.50. The van der Waals surface area contributed by atoms with Crippen molar-refractivity contribution >= 4 is 29.2 Å². The number of ketones is 1. The summed E-state index contributed by atoms with van der Waals surface area (Å²) in [5.74, 6) is -0.549. The minimum Gasteiger partial charge on any atom is -0.542 e. The first-order valence-electron chi connectivity index (χ1n) is 14.5. The molecule has 0 amide bonds. The van der Waals surface area contributed by atoms with E-state index in [1.807, 2.05) is 38.1 Å². The van der Waals surface area contributed by atoms with Crippen molar-refractivity contribution in [1.82, 2.24) is 0 Å². The van der Waals surface area contributed by atoms with E-state index in [9.17, 15) is 9.18 Å². The van der Waals surface area contributed by atoms with E-state index in [1.54, 1.807) is 45.3 Å². The molecule has 0 aliphatic heterocycles. The Bertz CT molecular complexity index is 1250. The van der Waals surface area contributed by atoms with Gasteiger partial charge in [-0.2, -0.15) is 11.7 Å². The third kappa shape index (κ3) is 19.4. The molecule has 0 fully saturated rings. The number of hydrogen-bond donors (Lipinski definition) is 0. The first kappa shape index (κ1) is 44.9. The van der Waals surface area contributed by atoms with E-state index < -0.39 is 5.82 Å². The van der Waals surface area contributed by atoms with Gasteiger partial charge in [0.05, 0.1) is 17.2 Å². The predicted molar refractivity (Wildman–Crippen MR) is 179 cm³/mol. The van der Waals surface area contributed by atoms with Crippen LogP contribution in [-0.4, -0.2) is 12.1 Å². The van der Waals surface area contributed by atoms with Crippen LogP contribution in [0.2, 0.25) is 5.02 Å². The third-order valence-electron chi connectivity index (χ3n) is 5.80. The number of benzene rings is 2. The van der Waals surface area contributed by atoms with Gasteiger partial charge in [0, 0.05) is 48.1 Å². The maximum Gasteiger partial charge on any atom is 0.165 e. The molecule has 232 valence electrons. The molecule has 2 rings (SSSR count). The summed E-state index contributed by atoms with van der Waals surface area (Å²) in [6, 6.07) is 12.3. The van der Waals surface area contributed by atoms with Gasteiger partial charge in [-0.25, -0.2) is 4.39 Å². The minimum absolute atomic E-state index is 0. The molecule has 2 aromatic rings. The van der Waals surface area contributed by atoms with Crippen LogP contribution in [0, 0.1) is 55.2 Å². The second-order valence-corrected chi connectivity index (χ2v) is 9.73. The van der Waals surface area contributed by atoms with Crippen LogP contribution in [-0.2, 0) is 4.79 Å². The Morgan fingerprint density at radius 2 is 1.65 bits per heavy atom. The van der Waals surface area contributed by atoms with Gasteiger partial charge in [-0.1, -0.05) is 99.9 Å². The molecular formula is C37H48ClFNO2U-. The summed E-state index contributed by atoms with van der Waals surface area (Å²) >= 11 is 6.38. The second kappa shape index (κ2) is 28.3. The fourth-order valence-corrected chi connectivity index (χ4v) is 3.80. The van der Waals surface area contributed by atoms with E-state index in [0.29, 0.717) is 29.0 Å². The van der Waals surface area contributed by atoms with Gasteiger partial charge in [-0.15, -0.1) is 0 Å². The molecule has 0 saturated heterocycles. The molecule has 0 radical (unpaired) electrons.